The van der Waals surface area contributed by atoms with Crippen LogP contribution in [0.25, 0.3) is 0 Å². The van der Waals surface area contributed by atoms with Crippen LogP contribution in [0.1, 0.15) is 35.3 Å². The van der Waals surface area contributed by atoms with Gasteiger partial charge in [-0.3, -0.25) is 4.79 Å². The van der Waals surface area contributed by atoms with Gasteiger partial charge in [-0.2, -0.15) is 0 Å². The molecule has 0 bridgehead atoms. The lowest BCUT2D eigenvalue weighted by molar-refractivity contribution is 0.100. The Labute approximate surface area is 107 Å². The summed E-state index contributed by atoms with van der Waals surface area (Å²) < 4.78 is 0. The van der Waals surface area contributed by atoms with Gasteiger partial charge in [0.15, 0.2) is 0 Å². The predicted octanol–water partition coefficient (Wildman–Crippen LogP) is 3.11. The molecular weight excluding hydrogens is 222 g/mol. The SMILES string of the molecule is CC(C)(c1ccccc1)c1ccc(C(N)=O)cc1. The number of rotatable bonds is 3. The molecule has 0 aliphatic carbocycles. The number of carbonyl (C=O) groups is 1. The van der Waals surface area contributed by atoms with Gasteiger partial charge in [-0.1, -0.05) is 56.3 Å². The van der Waals surface area contributed by atoms with E-state index in [9.17, 15) is 4.79 Å². The molecule has 0 saturated heterocycles. The average molecular weight is 239 g/mol. The molecule has 2 aromatic rings. The topological polar surface area (TPSA) is 43.1 Å². The highest BCUT2D eigenvalue weighted by molar-refractivity contribution is 5.92. The number of benzene rings is 2. The highest BCUT2D eigenvalue weighted by atomic mass is 16.1. The van der Waals surface area contributed by atoms with Gasteiger partial charge in [0, 0.05) is 11.0 Å². The van der Waals surface area contributed by atoms with E-state index in [1.54, 1.807) is 12.1 Å². The van der Waals surface area contributed by atoms with Crippen LogP contribution in [0, 0.1) is 0 Å². The molecule has 2 rings (SSSR count). The Morgan fingerprint density at radius 1 is 0.889 bits per heavy atom. The minimum absolute atomic E-state index is 0.0859. The zero-order valence-corrected chi connectivity index (χ0v) is 10.7. The van der Waals surface area contributed by atoms with E-state index in [0.717, 1.165) is 0 Å². The van der Waals surface area contributed by atoms with Crippen molar-refractivity contribution in [2.24, 2.45) is 5.73 Å². The van der Waals surface area contributed by atoms with Gasteiger partial charge in [-0.15, -0.1) is 0 Å². The first-order valence-corrected chi connectivity index (χ1v) is 5.97. The van der Waals surface area contributed by atoms with Crippen LogP contribution in [0.3, 0.4) is 0 Å². The van der Waals surface area contributed by atoms with Gasteiger partial charge < -0.3 is 5.73 Å². The fraction of sp³-hybridized carbons (Fsp3) is 0.188. The molecule has 0 aromatic heterocycles. The third-order valence-corrected chi connectivity index (χ3v) is 3.39. The van der Waals surface area contributed by atoms with Crippen molar-refractivity contribution in [3.8, 4) is 0 Å². The minimum atomic E-state index is -0.390. The van der Waals surface area contributed by atoms with E-state index in [4.69, 9.17) is 5.73 Å². The van der Waals surface area contributed by atoms with Gasteiger partial charge in [0.05, 0.1) is 0 Å². The second kappa shape index (κ2) is 4.65. The van der Waals surface area contributed by atoms with Crippen molar-refractivity contribution in [2.75, 3.05) is 0 Å². The normalized spacial score (nSPS) is 11.2. The van der Waals surface area contributed by atoms with Crippen LogP contribution < -0.4 is 5.73 Å². The van der Waals surface area contributed by atoms with Crippen molar-refractivity contribution in [3.63, 3.8) is 0 Å². The molecule has 0 aliphatic heterocycles. The second-order valence-electron chi connectivity index (χ2n) is 4.93. The Hall–Kier alpha value is -2.09. The highest BCUT2D eigenvalue weighted by Crippen LogP contribution is 2.31. The van der Waals surface area contributed by atoms with Crippen LogP contribution in [0.4, 0.5) is 0 Å². The predicted molar refractivity (Wildman–Crippen MR) is 73.5 cm³/mol. The van der Waals surface area contributed by atoms with Gasteiger partial charge in [0.25, 0.3) is 0 Å². The van der Waals surface area contributed by atoms with E-state index in [2.05, 4.69) is 26.0 Å². The van der Waals surface area contributed by atoms with E-state index in [-0.39, 0.29) is 11.3 Å². The molecular formula is C16H17NO. The van der Waals surface area contributed by atoms with Crippen molar-refractivity contribution in [2.45, 2.75) is 19.3 Å². The van der Waals surface area contributed by atoms with Crippen LogP contribution in [-0.2, 0) is 5.41 Å². The van der Waals surface area contributed by atoms with Crippen molar-refractivity contribution in [1.82, 2.24) is 0 Å². The molecule has 0 fully saturated rings. The van der Waals surface area contributed by atoms with Gasteiger partial charge in [-0.05, 0) is 23.3 Å². The van der Waals surface area contributed by atoms with Gasteiger partial charge in [-0.25, -0.2) is 0 Å². The van der Waals surface area contributed by atoms with Crippen LogP contribution in [-0.4, -0.2) is 5.91 Å². The molecule has 2 N–H and O–H groups in total. The zero-order chi connectivity index (χ0) is 13.2. The minimum Gasteiger partial charge on any atom is -0.366 e. The third-order valence-electron chi connectivity index (χ3n) is 3.39. The average Bonchev–Trinajstić information content (AvgIpc) is 2.40. The molecule has 1 amide bonds. The molecule has 0 spiro atoms. The fourth-order valence-electron chi connectivity index (χ4n) is 2.07. The summed E-state index contributed by atoms with van der Waals surface area (Å²) >= 11 is 0. The molecule has 0 radical (unpaired) electrons. The number of carbonyl (C=O) groups excluding carboxylic acids is 1. The van der Waals surface area contributed by atoms with Crippen molar-refractivity contribution in [3.05, 3.63) is 71.3 Å². The number of nitrogens with two attached hydrogens (primary N) is 1. The van der Waals surface area contributed by atoms with Crippen LogP contribution in [0.2, 0.25) is 0 Å². The van der Waals surface area contributed by atoms with Gasteiger partial charge in [0.2, 0.25) is 5.91 Å². The molecule has 18 heavy (non-hydrogen) atoms. The van der Waals surface area contributed by atoms with Gasteiger partial charge in [0.1, 0.15) is 0 Å². The summed E-state index contributed by atoms with van der Waals surface area (Å²) in [5.41, 5.74) is 8.12. The Bertz CT molecular complexity index is 541. The van der Waals surface area contributed by atoms with Crippen molar-refractivity contribution in [1.29, 1.82) is 0 Å². The van der Waals surface area contributed by atoms with E-state index in [1.165, 1.54) is 11.1 Å². The summed E-state index contributed by atoms with van der Waals surface area (Å²) in [5.74, 6) is -0.390. The first kappa shape index (κ1) is 12.4. The maximum absolute atomic E-state index is 11.1. The number of amides is 1. The lowest BCUT2D eigenvalue weighted by atomic mass is 9.78. The largest absolute Gasteiger partial charge is 0.366 e. The summed E-state index contributed by atoms with van der Waals surface area (Å²) in [7, 11) is 0. The maximum atomic E-state index is 11.1. The summed E-state index contributed by atoms with van der Waals surface area (Å²) in [4.78, 5) is 11.1. The van der Waals surface area contributed by atoms with Crippen LogP contribution in [0.5, 0.6) is 0 Å². The Balaban J connectivity index is 2.39. The second-order valence-corrected chi connectivity index (χ2v) is 4.93. The number of primary amides is 1. The lowest BCUT2D eigenvalue weighted by Crippen LogP contribution is -2.19. The summed E-state index contributed by atoms with van der Waals surface area (Å²) in [6.07, 6.45) is 0. The van der Waals surface area contributed by atoms with Crippen molar-refractivity contribution >= 4 is 5.91 Å². The standard InChI is InChI=1S/C16H17NO/c1-16(2,13-6-4-3-5-7-13)14-10-8-12(9-11-14)15(17)18/h3-11H,1-2H3,(H2,17,18). The smallest absolute Gasteiger partial charge is 0.248 e. The molecule has 0 atom stereocenters. The fourth-order valence-corrected chi connectivity index (χ4v) is 2.07. The molecule has 0 heterocycles. The summed E-state index contributed by atoms with van der Waals surface area (Å²) in [6, 6.07) is 17.8. The first-order chi connectivity index (χ1) is 8.51. The Kier molecular flexibility index (Phi) is 3.19. The van der Waals surface area contributed by atoms with E-state index in [1.807, 2.05) is 30.3 Å². The number of hydrogen-bond donors (Lipinski definition) is 1. The molecule has 0 saturated carbocycles. The Morgan fingerprint density at radius 3 is 1.89 bits per heavy atom. The molecule has 2 heteroatoms. The molecule has 2 aromatic carbocycles. The first-order valence-electron chi connectivity index (χ1n) is 5.97. The van der Waals surface area contributed by atoms with Crippen LogP contribution >= 0.6 is 0 Å². The molecule has 2 nitrogen and oxygen atoms in total. The third kappa shape index (κ3) is 2.28. The van der Waals surface area contributed by atoms with E-state index in [0.29, 0.717) is 5.56 Å². The lowest BCUT2D eigenvalue weighted by Gasteiger charge is -2.26. The molecule has 0 aliphatic rings. The molecule has 0 unspecified atom stereocenters. The number of hydrogen-bond acceptors (Lipinski definition) is 1. The van der Waals surface area contributed by atoms with E-state index >= 15 is 0 Å². The monoisotopic (exact) mass is 239 g/mol. The highest BCUT2D eigenvalue weighted by Gasteiger charge is 2.22. The zero-order valence-electron chi connectivity index (χ0n) is 10.7. The summed E-state index contributed by atoms with van der Waals surface area (Å²) in [5, 5.41) is 0. The quantitative estimate of drug-likeness (QED) is 0.878. The van der Waals surface area contributed by atoms with Crippen molar-refractivity contribution < 1.29 is 4.79 Å². The van der Waals surface area contributed by atoms with Crippen LogP contribution in [0.15, 0.2) is 54.6 Å². The van der Waals surface area contributed by atoms with E-state index < -0.39 is 0 Å². The maximum Gasteiger partial charge on any atom is 0.248 e. The van der Waals surface area contributed by atoms with Gasteiger partial charge >= 0.3 is 0 Å². The summed E-state index contributed by atoms with van der Waals surface area (Å²) in [6.45, 7) is 4.34. The molecule has 92 valence electrons. The Morgan fingerprint density at radius 2 is 1.39 bits per heavy atom.